The van der Waals surface area contributed by atoms with Gasteiger partial charge in [0.05, 0.1) is 26.2 Å². The number of aliphatic hydroxyl groups excluding tert-OH is 3. The number of rotatable bonds is 5. The van der Waals surface area contributed by atoms with Crippen LogP contribution in [0.15, 0.2) is 18.2 Å². The lowest BCUT2D eigenvalue weighted by atomic mass is 9.97. The van der Waals surface area contributed by atoms with Crippen LogP contribution in [0.3, 0.4) is 0 Å². The van der Waals surface area contributed by atoms with E-state index in [0.717, 1.165) is 12.1 Å². The lowest BCUT2D eigenvalue weighted by Gasteiger charge is -2.19. The normalized spacial score (nSPS) is 14.1. The third-order valence-corrected chi connectivity index (χ3v) is 2.56. The van der Waals surface area contributed by atoms with Gasteiger partial charge in [-0.1, -0.05) is 6.07 Å². The van der Waals surface area contributed by atoms with E-state index in [1.54, 1.807) is 0 Å². The molecule has 0 heterocycles. The highest BCUT2D eigenvalue weighted by Crippen LogP contribution is 2.24. The third-order valence-electron chi connectivity index (χ3n) is 2.56. The molecule has 0 radical (unpaired) electrons. The summed E-state index contributed by atoms with van der Waals surface area (Å²) in [5, 5.41) is 28.5. The Morgan fingerprint density at radius 2 is 2.11 bits per heavy atom. The zero-order valence-corrected chi connectivity index (χ0v) is 9.84. The number of ether oxygens (including phenoxy) is 1. The van der Waals surface area contributed by atoms with E-state index in [4.69, 9.17) is 5.11 Å². The van der Waals surface area contributed by atoms with E-state index in [2.05, 4.69) is 4.74 Å². The van der Waals surface area contributed by atoms with Gasteiger partial charge in [0.15, 0.2) is 0 Å². The summed E-state index contributed by atoms with van der Waals surface area (Å²) >= 11 is 0. The lowest BCUT2D eigenvalue weighted by Crippen LogP contribution is -2.23. The summed E-state index contributed by atoms with van der Waals surface area (Å²) in [4.78, 5) is 11.0. The molecule has 0 amide bonds. The average molecular weight is 258 g/mol. The van der Waals surface area contributed by atoms with E-state index in [0.29, 0.717) is 0 Å². The van der Waals surface area contributed by atoms with Gasteiger partial charge >= 0.3 is 5.97 Å². The molecule has 1 aromatic carbocycles. The smallest absolute Gasteiger partial charge is 0.308 e. The second-order valence-corrected chi connectivity index (χ2v) is 3.79. The van der Waals surface area contributed by atoms with Crippen molar-refractivity contribution in [3.05, 3.63) is 35.1 Å². The average Bonchev–Trinajstić information content (AvgIpc) is 2.37. The largest absolute Gasteiger partial charge is 0.469 e. The lowest BCUT2D eigenvalue weighted by molar-refractivity contribution is -0.144. The molecule has 3 N–H and O–H groups in total. The van der Waals surface area contributed by atoms with Crippen molar-refractivity contribution in [2.75, 3.05) is 7.11 Å². The van der Waals surface area contributed by atoms with Crippen molar-refractivity contribution in [3.63, 3.8) is 0 Å². The number of esters is 1. The first-order valence-electron chi connectivity index (χ1n) is 5.31. The number of hydrogen-bond donors (Lipinski definition) is 3. The summed E-state index contributed by atoms with van der Waals surface area (Å²) in [7, 11) is 1.17. The Morgan fingerprint density at radius 3 is 2.67 bits per heavy atom. The van der Waals surface area contributed by atoms with Gasteiger partial charge in [-0.2, -0.15) is 0 Å². The molecule has 0 fully saturated rings. The van der Waals surface area contributed by atoms with Crippen molar-refractivity contribution in [1.29, 1.82) is 0 Å². The molecular weight excluding hydrogens is 243 g/mol. The number of methoxy groups -OCH3 is 1. The zero-order valence-electron chi connectivity index (χ0n) is 9.84. The summed E-state index contributed by atoms with van der Waals surface area (Å²) < 4.78 is 17.3. The molecule has 2 atom stereocenters. The van der Waals surface area contributed by atoms with Crippen LogP contribution in [-0.2, 0) is 16.1 Å². The third kappa shape index (κ3) is 3.49. The standard InChI is InChI=1S/C12H15FO5/c1-18-11(16)5-10(15)12(17)9-3-2-8(13)4-7(9)6-14/h2-4,10,12,14-15,17H,5-6H2,1H3. The van der Waals surface area contributed by atoms with Crippen molar-refractivity contribution in [2.45, 2.75) is 25.2 Å². The van der Waals surface area contributed by atoms with Gasteiger partial charge in [0, 0.05) is 0 Å². The van der Waals surface area contributed by atoms with Crippen molar-refractivity contribution >= 4 is 5.97 Å². The first-order valence-corrected chi connectivity index (χ1v) is 5.31. The number of hydrogen-bond acceptors (Lipinski definition) is 5. The van der Waals surface area contributed by atoms with Crippen LogP contribution in [-0.4, -0.2) is 34.5 Å². The fraction of sp³-hybridized carbons (Fsp3) is 0.417. The highest BCUT2D eigenvalue weighted by atomic mass is 19.1. The minimum absolute atomic E-state index is 0.159. The SMILES string of the molecule is COC(=O)CC(O)C(O)c1ccc(F)cc1CO. The number of carbonyl (C=O) groups is 1. The van der Waals surface area contributed by atoms with Gasteiger partial charge in [0.1, 0.15) is 11.9 Å². The Balaban J connectivity index is 2.89. The number of benzene rings is 1. The van der Waals surface area contributed by atoms with Gasteiger partial charge < -0.3 is 20.1 Å². The topological polar surface area (TPSA) is 87.0 Å². The molecule has 0 spiro atoms. The van der Waals surface area contributed by atoms with Gasteiger partial charge in [-0.05, 0) is 23.3 Å². The van der Waals surface area contributed by atoms with E-state index < -0.39 is 30.6 Å². The summed E-state index contributed by atoms with van der Waals surface area (Å²) in [6.45, 7) is -0.477. The highest BCUT2D eigenvalue weighted by molar-refractivity contribution is 5.69. The molecule has 1 aromatic rings. The van der Waals surface area contributed by atoms with E-state index in [-0.39, 0.29) is 17.5 Å². The van der Waals surface area contributed by atoms with E-state index in [9.17, 15) is 19.4 Å². The molecule has 18 heavy (non-hydrogen) atoms. The Bertz CT molecular complexity index is 421. The van der Waals surface area contributed by atoms with Crippen molar-refractivity contribution in [1.82, 2.24) is 0 Å². The first-order chi connectivity index (χ1) is 8.49. The van der Waals surface area contributed by atoms with Gasteiger partial charge in [0.2, 0.25) is 0 Å². The number of carbonyl (C=O) groups excluding carboxylic acids is 1. The molecular formula is C12H15FO5. The van der Waals surface area contributed by atoms with Crippen LogP contribution in [0.5, 0.6) is 0 Å². The molecule has 0 aromatic heterocycles. The Kier molecular flexibility index (Phi) is 5.21. The molecule has 2 unspecified atom stereocenters. The van der Waals surface area contributed by atoms with Crippen LogP contribution < -0.4 is 0 Å². The molecule has 0 bridgehead atoms. The predicted molar refractivity (Wildman–Crippen MR) is 59.9 cm³/mol. The second kappa shape index (κ2) is 6.44. The zero-order chi connectivity index (χ0) is 13.7. The maximum atomic E-state index is 12.9. The Morgan fingerprint density at radius 1 is 1.44 bits per heavy atom. The van der Waals surface area contributed by atoms with Crippen molar-refractivity contribution in [3.8, 4) is 0 Å². The predicted octanol–water partition coefficient (Wildman–Crippen LogP) is 0.275. The Hall–Kier alpha value is -1.50. The van der Waals surface area contributed by atoms with Crippen LogP contribution in [0, 0.1) is 5.82 Å². The van der Waals surface area contributed by atoms with Gasteiger partial charge in [-0.3, -0.25) is 4.79 Å². The molecule has 100 valence electrons. The van der Waals surface area contributed by atoms with E-state index >= 15 is 0 Å². The van der Waals surface area contributed by atoms with Crippen LogP contribution >= 0.6 is 0 Å². The summed E-state index contributed by atoms with van der Waals surface area (Å²) in [6, 6.07) is 3.41. The minimum atomic E-state index is -1.40. The van der Waals surface area contributed by atoms with E-state index in [1.807, 2.05) is 0 Å². The quantitative estimate of drug-likeness (QED) is 0.660. The van der Waals surface area contributed by atoms with Crippen LogP contribution in [0.25, 0.3) is 0 Å². The van der Waals surface area contributed by atoms with Gasteiger partial charge in [-0.15, -0.1) is 0 Å². The van der Waals surface area contributed by atoms with Gasteiger partial charge in [0.25, 0.3) is 0 Å². The minimum Gasteiger partial charge on any atom is -0.469 e. The summed E-state index contributed by atoms with van der Waals surface area (Å²) in [5.41, 5.74) is 0.335. The maximum absolute atomic E-state index is 12.9. The molecule has 5 nitrogen and oxygen atoms in total. The number of halogens is 1. The van der Waals surface area contributed by atoms with Crippen LogP contribution in [0.4, 0.5) is 4.39 Å². The molecule has 6 heteroatoms. The summed E-state index contributed by atoms with van der Waals surface area (Å²) in [6.07, 6.45) is -3.17. The van der Waals surface area contributed by atoms with Crippen LogP contribution in [0.1, 0.15) is 23.7 Å². The maximum Gasteiger partial charge on any atom is 0.308 e. The Labute approximate surface area is 103 Å². The van der Waals surface area contributed by atoms with Crippen LogP contribution in [0.2, 0.25) is 0 Å². The molecule has 1 rings (SSSR count). The molecule has 0 saturated heterocycles. The van der Waals surface area contributed by atoms with Crippen molar-refractivity contribution in [2.24, 2.45) is 0 Å². The first kappa shape index (κ1) is 14.6. The molecule has 0 saturated carbocycles. The highest BCUT2D eigenvalue weighted by Gasteiger charge is 2.24. The molecule has 0 aliphatic rings. The fourth-order valence-corrected chi connectivity index (χ4v) is 1.57. The molecule has 0 aliphatic heterocycles. The second-order valence-electron chi connectivity index (χ2n) is 3.79. The molecule has 0 aliphatic carbocycles. The number of aliphatic hydroxyl groups is 3. The van der Waals surface area contributed by atoms with Gasteiger partial charge in [-0.25, -0.2) is 4.39 Å². The monoisotopic (exact) mass is 258 g/mol. The summed E-state index contributed by atoms with van der Waals surface area (Å²) in [5.74, 6) is -1.23. The van der Waals surface area contributed by atoms with E-state index in [1.165, 1.54) is 13.2 Å². The van der Waals surface area contributed by atoms with Crippen molar-refractivity contribution < 1.29 is 29.2 Å². The fourth-order valence-electron chi connectivity index (χ4n) is 1.57.